The minimum absolute atomic E-state index is 0. The van der Waals surface area contributed by atoms with E-state index in [4.69, 9.17) is 4.74 Å². The van der Waals surface area contributed by atoms with E-state index in [1.54, 1.807) is 14.1 Å². The van der Waals surface area contributed by atoms with Crippen LogP contribution in [0.15, 0.2) is 29.3 Å². The van der Waals surface area contributed by atoms with E-state index in [0.717, 1.165) is 5.75 Å². The topological polar surface area (TPSA) is 74.8 Å². The maximum atomic E-state index is 11.7. The van der Waals surface area contributed by atoms with Gasteiger partial charge in [0.2, 0.25) is 5.91 Å². The second-order valence-corrected chi connectivity index (χ2v) is 5.98. The zero-order valence-electron chi connectivity index (χ0n) is 15.1. The van der Waals surface area contributed by atoms with E-state index in [-0.39, 0.29) is 29.9 Å². The number of hydrogen-bond donors (Lipinski definition) is 3. The minimum atomic E-state index is -0.509. The molecular weight excluding hydrogens is 419 g/mol. The lowest BCUT2D eigenvalue weighted by molar-refractivity contribution is -0.128. The monoisotopic (exact) mass is 448 g/mol. The van der Waals surface area contributed by atoms with Crippen molar-refractivity contribution in [1.82, 2.24) is 16.0 Å². The number of aliphatic imine (C=N–C) groups is 1. The van der Waals surface area contributed by atoms with Gasteiger partial charge >= 0.3 is 0 Å². The predicted molar refractivity (Wildman–Crippen MR) is 109 cm³/mol. The molecule has 7 heteroatoms. The first kappa shape index (κ1) is 22.5. The maximum Gasteiger partial charge on any atom is 0.227 e. The Morgan fingerprint density at radius 1 is 1.21 bits per heavy atom. The van der Waals surface area contributed by atoms with E-state index in [9.17, 15) is 4.79 Å². The van der Waals surface area contributed by atoms with Crippen LogP contribution in [-0.4, -0.2) is 45.7 Å². The third-order valence-corrected chi connectivity index (χ3v) is 3.45. The van der Waals surface area contributed by atoms with E-state index in [2.05, 4.69) is 20.9 Å². The molecule has 0 saturated heterocycles. The van der Waals surface area contributed by atoms with Crippen molar-refractivity contribution in [3.8, 4) is 5.75 Å². The summed E-state index contributed by atoms with van der Waals surface area (Å²) in [7, 11) is 3.34. The third kappa shape index (κ3) is 7.85. The van der Waals surface area contributed by atoms with Crippen LogP contribution in [0.1, 0.15) is 19.4 Å². The SMILES string of the molecule is CN=C(NCCOc1ccc(C)cc1)NCC(C)(C)C(=O)NC.I. The smallest absolute Gasteiger partial charge is 0.227 e. The van der Waals surface area contributed by atoms with Gasteiger partial charge in [-0.3, -0.25) is 9.79 Å². The van der Waals surface area contributed by atoms with Crippen LogP contribution in [0, 0.1) is 12.3 Å². The van der Waals surface area contributed by atoms with Gasteiger partial charge < -0.3 is 20.7 Å². The van der Waals surface area contributed by atoms with Crippen molar-refractivity contribution in [2.75, 3.05) is 33.8 Å². The Morgan fingerprint density at radius 3 is 2.38 bits per heavy atom. The zero-order chi connectivity index (χ0) is 17.3. The number of guanidine groups is 1. The highest BCUT2D eigenvalue weighted by molar-refractivity contribution is 14.0. The molecule has 24 heavy (non-hydrogen) atoms. The number of amides is 1. The Kier molecular flexibility index (Phi) is 10.4. The number of aryl methyl sites for hydroxylation is 1. The van der Waals surface area contributed by atoms with Gasteiger partial charge in [0, 0.05) is 20.6 Å². The van der Waals surface area contributed by atoms with Crippen LogP contribution in [-0.2, 0) is 4.79 Å². The summed E-state index contributed by atoms with van der Waals surface area (Å²) in [5.41, 5.74) is 0.698. The van der Waals surface area contributed by atoms with Crippen LogP contribution in [0.3, 0.4) is 0 Å². The number of nitrogens with one attached hydrogen (secondary N) is 3. The fraction of sp³-hybridized carbons (Fsp3) is 0.529. The summed E-state index contributed by atoms with van der Waals surface area (Å²) >= 11 is 0. The van der Waals surface area contributed by atoms with Crippen LogP contribution < -0.4 is 20.7 Å². The number of benzene rings is 1. The van der Waals surface area contributed by atoms with Gasteiger partial charge in [-0.25, -0.2) is 0 Å². The van der Waals surface area contributed by atoms with Crippen molar-refractivity contribution in [1.29, 1.82) is 0 Å². The number of carbonyl (C=O) groups excluding carboxylic acids is 1. The Bertz CT molecular complexity index is 530. The average Bonchev–Trinajstić information content (AvgIpc) is 2.55. The summed E-state index contributed by atoms with van der Waals surface area (Å²) in [6.45, 7) is 7.45. The van der Waals surface area contributed by atoms with Gasteiger partial charge in [-0.1, -0.05) is 17.7 Å². The van der Waals surface area contributed by atoms with Gasteiger partial charge in [0.05, 0.1) is 12.0 Å². The van der Waals surface area contributed by atoms with Crippen LogP contribution in [0.25, 0.3) is 0 Å². The molecule has 0 radical (unpaired) electrons. The molecule has 0 spiro atoms. The Labute approximate surface area is 161 Å². The Morgan fingerprint density at radius 2 is 1.83 bits per heavy atom. The fourth-order valence-electron chi connectivity index (χ4n) is 1.92. The molecule has 136 valence electrons. The van der Waals surface area contributed by atoms with Crippen molar-refractivity contribution in [2.24, 2.45) is 10.4 Å². The number of nitrogens with zero attached hydrogens (tertiary/aromatic N) is 1. The van der Waals surface area contributed by atoms with Crippen molar-refractivity contribution in [3.63, 3.8) is 0 Å². The molecule has 0 aliphatic carbocycles. The molecule has 0 bridgehead atoms. The van der Waals surface area contributed by atoms with E-state index in [1.165, 1.54) is 5.56 Å². The van der Waals surface area contributed by atoms with E-state index >= 15 is 0 Å². The Hall–Kier alpha value is -1.51. The first-order chi connectivity index (χ1) is 10.9. The molecule has 0 aliphatic heterocycles. The second kappa shape index (κ2) is 11.1. The van der Waals surface area contributed by atoms with E-state index in [0.29, 0.717) is 25.7 Å². The maximum absolute atomic E-state index is 11.7. The molecule has 3 N–H and O–H groups in total. The average molecular weight is 448 g/mol. The number of halogens is 1. The molecule has 0 aliphatic rings. The first-order valence-electron chi connectivity index (χ1n) is 7.75. The lowest BCUT2D eigenvalue weighted by Crippen LogP contribution is -2.47. The van der Waals surface area contributed by atoms with Crippen LogP contribution in [0.4, 0.5) is 0 Å². The zero-order valence-corrected chi connectivity index (χ0v) is 17.4. The fourth-order valence-corrected chi connectivity index (χ4v) is 1.92. The van der Waals surface area contributed by atoms with Crippen LogP contribution in [0.2, 0.25) is 0 Å². The summed E-state index contributed by atoms with van der Waals surface area (Å²) in [6.07, 6.45) is 0. The minimum Gasteiger partial charge on any atom is -0.492 e. The molecule has 0 fully saturated rings. The van der Waals surface area contributed by atoms with Gasteiger partial charge in [-0.15, -0.1) is 24.0 Å². The molecule has 0 heterocycles. The van der Waals surface area contributed by atoms with E-state index < -0.39 is 5.41 Å². The van der Waals surface area contributed by atoms with Crippen molar-refractivity contribution in [3.05, 3.63) is 29.8 Å². The molecule has 1 aromatic carbocycles. The molecule has 1 aromatic rings. The number of rotatable bonds is 7. The van der Waals surface area contributed by atoms with E-state index in [1.807, 2.05) is 45.0 Å². The highest BCUT2D eigenvalue weighted by Crippen LogP contribution is 2.13. The molecule has 6 nitrogen and oxygen atoms in total. The third-order valence-electron chi connectivity index (χ3n) is 3.45. The largest absolute Gasteiger partial charge is 0.492 e. The molecule has 0 aromatic heterocycles. The van der Waals surface area contributed by atoms with Crippen LogP contribution in [0.5, 0.6) is 5.75 Å². The molecular formula is C17H29IN4O2. The molecule has 0 atom stereocenters. The van der Waals surface area contributed by atoms with Gasteiger partial charge in [0.25, 0.3) is 0 Å². The van der Waals surface area contributed by atoms with Crippen molar-refractivity contribution >= 4 is 35.8 Å². The van der Waals surface area contributed by atoms with Crippen molar-refractivity contribution in [2.45, 2.75) is 20.8 Å². The van der Waals surface area contributed by atoms with Gasteiger partial charge in [0.15, 0.2) is 5.96 Å². The predicted octanol–water partition coefficient (Wildman–Crippen LogP) is 1.93. The number of carbonyl (C=O) groups is 1. The van der Waals surface area contributed by atoms with Crippen LogP contribution >= 0.6 is 24.0 Å². The normalized spacial score (nSPS) is 11.3. The highest BCUT2D eigenvalue weighted by atomic mass is 127. The Balaban J connectivity index is 0.00000529. The molecule has 0 unspecified atom stereocenters. The van der Waals surface area contributed by atoms with Gasteiger partial charge in [-0.05, 0) is 32.9 Å². The quantitative estimate of drug-likeness (QED) is 0.258. The first-order valence-corrected chi connectivity index (χ1v) is 7.75. The summed E-state index contributed by atoms with van der Waals surface area (Å²) in [4.78, 5) is 15.9. The van der Waals surface area contributed by atoms with Crippen molar-refractivity contribution < 1.29 is 9.53 Å². The highest BCUT2D eigenvalue weighted by Gasteiger charge is 2.26. The second-order valence-electron chi connectivity index (χ2n) is 5.98. The molecule has 1 rings (SSSR count). The number of ether oxygens (including phenoxy) is 1. The summed E-state index contributed by atoms with van der Waals surface area (Å²) in [6, 6.07) is 7.94. The molecule has 1 amide bonds. The van der Waals surface area contributed by atoms with Gasteiger partial charge in [-0.2, -0.15) is 0 Å². The van der Waals surface area contributed by atoms with Gasteiger partial charge in [0.1, 0.15) is 12.4 Å². The summed E-state index contributed by atoms with van der Waals surface area (Å²) in [5.74, 6) is 1.48. The lowest BCUT2D eigenvalue weighted by atomic mass is 9.92. The lowest BCUT2D eigenvalue weighted by Gasteiger charge is -2.24. The number of hydrogen-bond acceptors (Lipinski definition) is 3. The standard InChI is InChI=1S/C17H28N4O2.HI/c1-13-6-8-14(9-7-13)23-11-10-20-16(19-5)21-12-17(2,3)15(22)18-4;/h6-9H,10-12H2,1-5H3,(H,18,22)(H2,19,20,21);1H. The summed E-state index contributed by atoms with van der Waals surface area (Å²) in [5, 5.41) is 8.98. The summed E-state index contributed by atoms with van der Waals surface area (Å²) < 4.78 is 5.65. The molecule has 0 saturated carbocycles.